The van der Waals surface area contributed by atoms with Gasteiger partial charge < -0.3 is 20.1 Å². The van der Waals surface area contributed by atoms with Gasteiger partial charge in [0.1, 0.15) is 6.61 Å². The van der Waals surface area contributed by atoms with Gasteiger partial charge in [-0.3, -0.25) is 18.6 Å². The highest BCUT2D eigenvalue weighted by atomic mass is 31.2. The van der Waals surface area contributed by atoms with Crippen molar-refractivity contribution in [2.75, 3.05) is 26.4 Å². The van der Waals surface area contributed by atoms with Crippen LogP contribution in [-0.4, -0.2) is 49.3 Å². The number of rotatable bonds is 38. The number of ether oxygens (including phenoxy) is 2. The second-order valence-electron chi connectivity index (χ2n) is 13.5. The molecule has 0 radical (unpaired) electrons. The lowest BCUT2D eigenvalue weighted by Crippen LogP contribution is -2.29. The van der Waals surface area contributed by atoms with Gasteiger partial charge in [0.25, 0.3) is 0 Å². The van der Waals surface area contributed by atoms with Crippen molar-refractivity contribution in [2.24, 2.45) is 5.73 Å². The van der Waals surface area contributed by atoms with E-state index in [1.807, 2.05) is 0 Å². The molecule has 0 heterocycles. The van der Waals surface area contributed by atoms with Gasteiger partial charge >= 0.3 is 19.8 Å². The molecular formula is C39H76NO8P. The van der Waals surface area contributed by atoms with Crippen molar-refractivity contribution in [1.29, 1.82) is 0 Å². The lowest BCUT2D eigenvalue weighted by molar-refractivity contribution is -0.161. The number of phosphoric ester groups is 1. The molecule has 9 nitrogen and oxygen atoms in total. The van der Waals surface area contributed by atoms with Crippen molar-refractivity contribution in [3.63, 3.8) is 0 Å². The zero-order chi connectivity index (χ0) is 36.1. The van der Waals surface area contributed by atoms with Crippen LogP contribution in [0.3, 0.4) is 0 Å². The van der Waals surface area contributed by atoms with Crippen LogP contribution in [0.2, 0.25) is 0 Å². The van der Waals surface area contributed by atoms with Crippen LogP contribution in [-0.2, 0) is 32.7 Å². The highest BCUT2D eigenvalue weighted by Crippen LogP contribution is 2.43. The Morgan fingerprint density at radius 1 is 0.592 bits per heavy atom. The summed E-state index contributed by atoms with van der Waals surface area (Å²) in [4.78, 5) is 34.7. The fourth-order valence-electron chi connectivity index (χ4n) is 5.63. The summed E-state index contributed by atoms with van der Waals surface area (Å²) in [5, 5.41) is 0. The molecular weight excluding hydrogens is 641 g/mol. The van der Waals surface area contributed by atoms with Gasteiger partial charge in [0, 0.05) is 19.4 Å². The molecule has 0 bridgehead atoms. The quantitative estimate of drug-likeness (QED) is 0.0277. The molecule has 0 amide bonds. The molecule has 0 aromatic carbocycles. The van der Waals surface area contributed by atoms with Crippen molar-refractivity contribution < 1.29 is 37.6 Å². The maximum atomic E-state index is 12.5. The summed E-state index contributed by atoms with van der Waals surface area (Å²) < 4.78 is 32.7. The molecule has 0 saturated heterocycles. The minimum Gasteiger partial charge on any atom is -0.462 e. The normalized spacial score (nSPS) is 13.5. The number of carbonyl (C=O) groups excluding carboxylic acids is 2. The zero-order valence-electron chi connectivity index (χ0n) is 31.7. The lowest BCUT2D eigenvalue weighted by Gasteiger charge is -2.19. The summed E-state index contributed by atoms with van der Waals surface area (Å²) in [6.45, 7) is 3.72. The van der Waals surface area contributed by atoms with E-state index in [0.29, 0.717) is 6.42 Å². The monoisotopic (exact) mass is 718 g/mol. The Labute approximate surface area is 300 Å². The second-order valence-corrected chi connectivity index (χ2v) is 15.0. The molecule has 3 N–H and O–H groups in total. The number of esters is 2. The number of hydrogen-bond acceptors (Lipinski definition) is 8. The number of allylic oxidation sites excluding steroid dienone is 2. The Kier molecular flexibility index (Phi) is 35.6. The molecule has 0 rings (SSSR count). The minimum atomic E-state index is -4.37. The third kappa shape index (κ3) is 36.3. The van der Waals surface area contributed by atoms with Gasteiger partial charge in [-0.15, -0.1) is 0 Å². The van der Waals surface area contributed by atoms with Crippen LogP contribution in [0.1, 0.15) is 194 Å². The fraction of sp³-hybridized carbons (Fsp3) is 0.897. The SMILES string of the molecule is CCCCCCCCC=CCCCCCCCCCC(=O)OC[C@H](COP(=O)(O)OCCN)OC(=O)CCCCCCCCCCCCC. The number of hydrogen-bond donors (Lipinski definition) is 2. The van der Waals surface area contributed by atoms with E-state index in [0.717, 1.165) is 32.1 Å². The van der Waals surface area contributed by atoms with Crippen LogP contribution in [0, 0.1) is 0 Å². The summed E-state index contributed by atoms with van der Waals surface area (Å²) in [7, 11) is -4.37. The first-order valence-electron chi connectivity index (χ1n) is 20.2. The fourth-order valence-corrected chi connectivity index (χ4v) is 6.39. The van der Waals surface area contributed by atoms with Crippen LogP contribution in [0.5, 0.6) is 0 Å². The predicted molar refractivity (Wildman–Crippen MR) is 201 cm³/mol. The standard InChI is InChI=1S/C39H76NO8P/c1-3-5-7-9-11-13-15-16-17-18-19-20-22-23-25-27-29-31-38(41)45-35-37(36-47-49(43,44)46-34-33-40)48-39(42)32-30-28-26-24-21-14-12-10-8-6-4-2/h16-17,37H,3-15,18-36,40H2,1-2H3,(H,43,44)/t37-/m1/s1. The van der Waals surface area contributed by atoms with Crippen LogP contribution < -0.4 is 5.73 Å². The average Bonchev–Trinajstić information content (AvgIpc) is 3.08. The Bertz CT molecular complexity index is 825. The Balaban J connectivity index is 4.14. The first-order chi connectivity index (χ1) is 23.8. The van der Waals surface area contributed by atoms with Crippen molar-refractivity contribution >= 4 is 19.8 Å². The molecule has 10 heteroatoms. The van der Waals surface area contributed by atoms with Crippen LogP contribution >= 0.6 is 7.82 Å². The molecule has 49 heavy (non-hydrogen) atoms. The maximum absolute atomic E-state index is 12.5. The molecule has 2 atom stereocenters. The lowest BCUT2D eigenvalue weighted by atomic mass is 10.1. The van der Waals surface area contributed by atoms with Crippen molar-refractivity contribution in [1.82, 2.24) is 0 Å². The van der Waals surface area contributed by atoms with Gasteiger partial charge in [0.2, 0.25) is 0 Å². The second kappa shape index (κ2) is 36.5. The minimum absolute atomic E-state index is 0.0555. The van der Waals surface area contributed by atoms with Crippen LogP contribution in [0.4, 0.5) is 0 Å². The van der Waals surface area contributed by atoms with E-state index in [1.165, 1.54) is 128 Å². The number of carbonyl (C=O) groups is 2. The first-order valence-corrected chi connectivity index (χ1v) is 21.7. The topological polar surface area (TPSA) is 134 Å². The van der Waals surface area contributed by atoms with Gasteiger partial charge in [0.05, 0.1) is 13.2 Å². The molecule has 0 spiro atoms. The van der Waals surface area contributed by atoms with Gasteiger partial charge in [-0.25, -0.2) is 4.57 Å². The van der Waals surface area contributed by atoms with Crippen molar-refractivity contribution in [2.45, 2.75) is 200 Å². The van der Waals surface area contributed by atoms with Gasteiger partial charge in [-0.05, 0) is 38.5 Å². The van der Waals surface area contributed by atoms with E-state index >= 15 is 0 Å². The smallest absolute Gasteiger partial charge is 0.462 e. The van der Waals surface area contributed by atoms with Gasteiger partial charge in [-0.2, -0.15) is 0 Å². The average molecular weight is 718 g/mol. The molecule has 0 aliphatic rings. The van der Waals surface area contributed by atoms with E-state index in [1.54, 1.807) is 0 Å². The van der Waals surface area contributed by atoms with Gasteiger partial charge in [-0.1, -0.05) is 154 Å². The van der Waals surface area contributed by atoms with Crippen LogP contribution in [0.25, 0.3) is 0 Å². The predicted octanol–water partition coefficient (Wildman–Crippen LogP) is 11.1. The number of phosphoric acid groups is 1. The maximum Gasteiger partial charge on any atom is 0.472 e. The van der Waals surface area contributed by atoms with Crippen molar-refractivity contribution in [3.05, 3.63) is 12.2 Å². The number of nitrogens with two attached hydrogens (primary N) is 1. The molecule has 0 saturated carbocycles. The van der Waals surface area contributed by atoms with E-state index in [2.05, 4.69) is 26.0 Å². The summed E-state index contributed by atoms with van der Waals surface area (Å²) >= 11 is 0. The Morgan fingerprint density at radius 2 is 1.00 bits per heavy atom. The summed E-state index contributed by atoms with van der Waals surface area (Å²) in [6, 6.07) is 0. The summed E-state index contributed by atoms with van der Waals surface area (Å²) in [5.74, 6) is -0.828. The molecule has 0 aromatic rings. The molecule has 0 aliphatic heterocycles. The third-order valence-corrected chi connectivity index (χ3v) is 9.64. The number of unbranched alkanes of at least 4 members (excludes halogenated alkanes) is 23. The largest absolute Gasteiger partial charge is 0.472 e. The molecule has 0 fully saturated rings. The first kappa shape index (κ1) is 47.8. The highest BCUT2D eigenvalue weighted by Gasteiger charge is 2.26. The molecule has 1 unspecified atom stereocenters. The van der Waals surface area contributed by atoms with Gasteiger partial charge in [0.15, 0.2) is 6.10 Å². The molecule has 290 valence electrons. The summed E-state index contributed by atoms with van der Waals surface area (Å²) in [5.41, 5.74) is 5.33. The van der Waals surface area contributed by atoms with Crippen molar-refractivity contribution in [3.8, 4) is 0 Å². The Morgan fingerprint density at radius 3 is 1.45 bits per heavy atom. The van der Waals surface area contributed by atoms with Crippen LogP contribution in [0.15, 0.2) is 12.2 Å². The highest BCUT2D eigenvalue weighted by molar-refractivity contribution is 7.47. The zero-order valence-corrected chi connectivity index (χ0v) is 32.6. The molecule has 0 aromatic heterocycles. The molecule has 0 aliphatic carbocycles. The van der Waals surface area contributed by atoms with E-state index in [-0.39, 0.29) is 38.6 Å². The summed E-state index contributed by atoms with van der Waals surface area (Å²) in [6.07, 6.45) is 35.2. The van der Waals surface area contributed by atoms with E-state index in [4.69, 9.17) is 24.3 Å². The van der Waals surface area contributed by atoms with E-state index in [9.17, 15) is 19.0 Å². The van der Waals surface area contributed by atoms with E-state index < -0.39 is 26.5 Å². The third-order valence-electron chi connectivity index (χ3n) is 8.65. The Hall–Kier alpha value is -1.25.